The Morgan fingerprint density at radius 1 is 1.05 bits per heavy atom. The first-order valence-corrected chi connectivity index (χ1v) is 5.88. The third-order valence-corrected chi connectivity index (χ3v) is 2.90. The molecule has 2 aromatic carbocycles. The molecule has 0 aliphatic rings. The molecular weight excluding hydrogens is 288 g/mol. The second kappa shape index (κ2) is 5.55. The fourth-order valence-corrected chi connectivity index (χ4v) is 1.85. The second-order valence-corrected chi connectivity index (χ2v) is 4.26. The Bertz CT molecular complexity index is 678. The molecule has 0 fully saturated rings. The molecule has 0 spiro atoms. The van der Waals surface area contributed by atoms with Crippen LogP contribution in [0.2, 0.25) is 0 Å². The SMILES string of the molecule is COC(=O)c1ccc(-c2cccc(C(F)(F)F)c2)cc1F. The molecular formula is C15H10F4O2. The number of methoxy groups -OCH3 is 1. The van der Waals surface area contributed by atoms with Crippen LogP contribution in [0, 0.1) is 5.82 Å². The molecule has 0 radical (unpaired) electrons. The molecule has 0 unspecified atom stereocenters. The van der Waals surface area contributed by atoms with Crippen molar-refractivity contribution in [1.82, 2.24) is 0 Å². The summed E-state index contributed by atoms with van der Waals surface area (Å²) in [5.74, 6) is -1.69. The molecule has 0 heterocycles. The fraction of sp³-hybridized carbons (Fsp3) is 0.133. The Morgan fingerprint density at radius 2 is 1.71 bits per heavy atom. The van der Waals surface area contributed by atoms with E-state index in [-0.39, 0.29) is 16.7 Å². The Morgan fingerprint density at radius 3 is 2.29 bits per heavy atom. The van der Waals surface area contributed by atoms with E-state index in [9.17, 15) is 22.4 Å². The number of carbonyl (C=O) groups is 1. The molecule has 2 rings (SSSR count). The zero-order valence-electron chi connectivity index (χ0n) is 10.9. The van der Waals surface area contributed by atoms with Crippen molar-refractivity contribution in [3.05, 3.63) is 59.4 Å². The minimum Gasteiger partial charge on any atom is -0.465 e. The van der Waals surface area contributed by atoms with Crippen molar-refractivity contribution in [2.45, 2.75) is 6.18 Å². The van der Waals surface area contributed by atoms with Crippen LogP contribution in [-0.4, -0.2) is 13.1 Å². The summed E-state index contributed by atoms with van der Waals surface area (Å²) in [4.78, 5) is 11.3. The zero-order valence-corrected chi connectivity index (χ0v) is 10.9. The second-order valence-electron chi connectivity index (χ2n) is 4.26. The smallest absolute Gasteiger partial charge is 0.416 e. The topological polar surface area (TPSA) is 26.3 Å². The molecule has 0 N–H and O–H groups in total. The van der Waals surface area contributed by atoms with Crippen LogP contribution in [0.5, 0.6) is 0 Å². The van der Waals surface area contributed by atoms with Crippen molar-refractivity contribution < 1.29 is 27.1 Å². The van der Waals surface area contributed by atoms with Gasteiger partial charge in [-0.3, -0.25) is 0 Å². The summed E-state index contributed by atoms with van der Waals surface area (Å²) in [6, 6.07) is 8.07. The van der Waals surface area contributed by atoms with Crippen LogP contribution in [0.25, 0.3) is 11.1 Å². The first kappa shape index (κ1) is 15.0. The average molecular weight is 298 g/mol. The first-order chi connectivity index (χ1) is 9.82. The van der Waals surface area contributed by atoms with Gasteiger partial charge in [-0.2, -0.15) is 13.2 Å². The largest absolute Gasteiger partial charge is 0.465 e. The number of alkyl halides is 3. The molecule has 6 heteroatoms. The molecule has 0 saturated carbocycles. The third kappa shape index (κ3) is 3.21. The van der Waals surface area contributed by atoms with E-state index in [4.69, 9.17) is 0 Å². The molecule has 21 heavy (non-hydrogen) atoms. The van der Waals surface area contributed by atoms with Crippen molar-refractivity contribution >= 4 is 5.97 Å². The Balaban J connectivity index is 2.44. The van der Waals surface area contributed by atoms with Gasteiger partial charge in [-0.1, -0.05) is 18.2 Å². The van der Waals surface area contributed by atoms with Crippen molar-refractivity contribution in [2.24, 2.45) is 0 Å². The Labute approximate surface area is 118 Å². The molecule has 0 amide bonds. The van der Waals surface area contributed by atoms with Gasteiger partial charge in [0.2, 0.25) is 0 Å². The van der Waals surface area contributed by atoms with Gasteiger partial charge in [-0.05, 0) is 35.4 Å². The van der Waals surface area contributed by atoms with Gasteiger partial charge >= 0.3 is 12.1 Å². The summed E-state index contributed by atoms with van der Waals surface area (Å²) in [6.45, 7) is 0. The van der Waals surface area contributed by atoms with E-state index in [1.807, 2.05) is 0 Å². The molecule has 2 aromatic rings. The highest BCUT2D eigenvalue weighted by Gasteiger charge is 2.30. The van der Waals surface area contributed by atoms with Crippen molar-refractivity contribution in [2.75, 3.05) is 7.11 Å². The van der Waals surface area contributed by atoms with Gasteiger partial charge in [0, 0.05) is 0 Å². The van der Waals surface area contributed by atoms with Crippen LogP contribution >= 0.6 is 0 Å². The maximum absolute atomic E-state index is 13.8. The van der Waals surface area contributed by atoms with Gasteiger partial charge in [0.1, 0.15) is 5.82 Å². The number of hydrogen-bond donors (Lipinski definition) is 0. The Hall–Kier alpha value is -2.37. The lowest BCUT2D eigenvalue weighted by molar-refractivity contribution is -0.137. The summed E-state index contributed by atoms with van der Waals surface area (Å²) in [6.07, 6.45) is -4.47. The molecule has 0 aliphatic heterocycles. The highest BCUT2D eigenvalue weighted by Crippen LogP contribution is 2.32. The fourth-order valence-electron chi connectivity index (χ4n) is 1.85. The summed E-state index contributed by atoms with van der Waals surface area (Å²) in [5.41, 5.74) is -0.642. The quantitative estimate of drug-likeness (QED) is 0.610. The van der Waals surface area contributed by atoms with Crippen LogP contribution < -0.4 is 0 Å². The number of ether oxygens (including phenoxy) is 1. The minimum absolute atomic E-state index is 0.208. The van der Waals surface area contributed by atoms with E-state index in [1.54, 1.807) is 0 Å². The standard InChI is InChI=1S/C15H10F4O2/c1-21-14(20)12-6-5-10(8-13(12)16)9-3-2-4-11(7-9)15(17,18)19/h2-8H,1H3. The number of rotatable bonds is 2. The van der Waals surface area contributed by atoms with Gasteiger partial charge in [0.15, 0.2) is 0 Å². The van der Waals surface area contributed by atoms with E-state index in [2.05, 4.69) is 4.74 Å². The normalized spacial score (nSPS) is 11.3. The lowest BCUT2D eigenvalue weighted by Crippen LogP contribution is -2.05. The third-order valence-electron chi connectivity index (χ3n) is 2.90. The van der Waals surface area contributed by atoms with Gasteiger partial charge < -0.3 is 4.74 Å². The summed E-state index contributed by atoms with van der Waals surface area (Å²) >= 11 is 0. The number of carbonyl (C=O) groups excluding carboxylic acids is 1. The van der Waals surface area contributed by atoms with Crippen LogP contribution in [0.3, 0.4) is 0 Å². The predicted octanol–water partition coefficient (Wildman–Crippen LogP) is 4.30. The van der Waals surface area contributed by atoms with Gasteiger partial charge in [-0.15, -0.1) is 0 Å². The highest BCUT2D eigenvalue weighted by atomic mass is 19.4. The van der Waals surface area contributed by atoms with E-state index in [1.165, 1.54) is 24.3 Å². The van der Waals surface area contributed by atoms with Gasteiger partial charge in [0.05, 0.1) is 18.2 Å². The maximum atomic E-state index is 13.8. The molecule has 0 bridgehead atoms. The van der Waals surface area contributed by atoms with Crippen molar-refractivity contribution in [3.8, 4) is 11.1 Å². The number of halogens is 4. The first-order valence-electron chi connectivity index (χ1n) is 5.88. The number of esters is 1. The zero-order chi connectivity index (χ0) is 15.6. The Kier molecular flexibility index (Phi) is 3.97. The molecule has 0 atom stereocenters. The molecule has 0 saturated heterocycles. The minimum atomic E-state index is -4.47. The lowest BCUT2D eigenvalue weighted by atomic mass is 10.0. The molecule has 2 nitrogen and oxygen atoms in total. The molecule has 0 aliphatic carbocycles. The molecule has 0 aromatic heterocycles. The van der Waals surface area contributed by atoms with Crippen molar-refractivity contribution in [3.63, 3.8) is 0 Å². The summed E-state index contributed by atoms with van der Waals surface area (Å²) in [7, 11) is 1.11. The van der Waals surface area contributed by atoms with E-state index >= 15 is 0 Å². The number of benzene rings is 2. The predicted molar refractivity (Wildman–Crippen MR) is 68.2 cm³/mol. The van der Waals surface area contributed by atoms with Crippen LogP contribution in [-0.2, 0) is 10.9 Å². The van der Waals surface area contributed by atoms with E-state index in [0.29, 0.717) is 0 Å². The van der Waals surface area contributed by atoms with Gasteiger partial charge in [0.25, 0.3) is 0 Å². The van der Waals surface area contributed by atoms with E-state index in [0.717, 1.165) is 25.3 Å². The molecule has 110 valence electrons. The summed E-state index contributed by atoms with van der Waals surface area (Å²) < 4.78 is 56.1. The van der Waals surface area contributed by atoms with Crippen LogP contribution in [0.15, 0.2) is 42.5 Å². The van der Waals surface area contributed by atoms with Crippen LogP contribution in [0.1, 0.15) is 15.9 Å². The highest BCUT2D eigenvalue weighted by molar-refractivity contribution is 5.90. The maximum Gasteiger partial charge on any atom is 0.416 e. The van der Waals surface area contributed by atoms with E-state index < -0.39 is 23.5 Å². The lowest BCUT2D eigenvalue weighted by Gasteiger charge is -2.09. The van der Waals surface area contributed by atoms with Gasteiger partial charge in [-0.25, -0.2) is 9.18 Å². The monoisotopic (exact) mass is 298 g/mol. The van der Waals surface area contributed by atoms with Crippen molar-refractivity contribution in [1.29, 1.82) is 0 Å². The summed E-state index contributed by atoms with van der Waals surface area (Å²) in [5, 5.41) is 0. The van der Waals surface area contributed by atoms with Crippen LogP contribution in [0.4, 0.5) is 17.6 Å². The average Bonchev–Trinajstić information content (AvgIpc) is 2.45. The number of hydrogen-bond acceptors (Lipinski definition) is 2.